The summed E-state index contributed by atoms with van der Waals surface area (Å²) in [6, 6.07) is 15.4. The van der Waals surface area contributed by atoms with Gasteiger partial charge in [0.15, 0.2) is 6.54 Å². The summed E-state index contributed by atoms with van der Waals surface area (Å²) in [5.41, 5.74) is 0.728. The number of hydrogen-bond acceptors (Lipinski definition) is 3. The molecular weight excluding hydrogens is 336 g/mol. The van der Waals surface area contributed by atoms with Crippen molar-refractivity contribution in [1.29, 1.82) is 0 Å². The zero-order valence-corrected chi connectivity index (χ0v) is 15.0. The number of amidine groups is 1. The summed E-state index contributed by atoms with van der Waals surface area (Å²) < 4.78 is 7.58. The van der Waals surface area contributed by atoms with Gasteiger partial charge in [-0.2, -0.15) is 4.90 Å². The molecule has 2 aliphatic rings. The first-order valence-corrected chi connectivity index (χ1v) is 9.03. The van der Waals surface area contributed by atoms with Crippen LogP contribution in [0.1, 0.15) is 24.8 Å². The number of aliphatic hydroxyl groups is 1. The summed E-state index contributed by atoms with van der Waals surface area (Å²) in [6.45, 7) is 1.55. The summed E-state index contributed by atoms with van der Waals surface area (Å²) in [7, 11) is 1.66. The Morgan fingerprint density at radius 2 is 1.80 bits per heavy atom. The lowest BCUT2D eigenvalue weighted by atomic mass is 10.0. The summed E-state index contributed by atoms with van der Waals surface area (Å²) in [5.74, 6) is 2.00. The molecule has 2 aliphatic heterocycles. The standard InChI is InChI=1S/C20H22ClN2O2/c1-25-18-11-9-17(10-12-18)23-19-4-2-3-13-22(19)14-20(23,24)15-5-7-16(21)8-6-15/h5-12,24H,2-4,13-14H2,1H3/q+1/t20-/m1/s1. The van der Waals surface area contributed by atoms with Crippen LogP contribution in [0, 0.1) is 0 Å². The Labute approximate surface area is 152 Å². The Balaban J connectivity index is 1.81. The fraction of sp³-hybridized carbons (Fsp3) is 0.350. The van der Waals surface area contributed by atoms with Crippen LogP contribution in [0.5, 0.6) is 5.75 Å². The molecule has 0 fully saturated rings. The zero-order chi connectivity index (χ0) is 17.4. The Morgan fingerprint density at radius 3 is 2.48 bits per heavy atom. The highest BCUT2D eigenvalue weighted by Gasteiger charge is 2.54. The number of benzene rings is 2. The van der Waals surface area contributed by atoms with Crippen LogP contribution in [0.2, 0.25) is 5.02 Å². The zero-order valence-electron chi connectivity index (χ0n) is 14.3. The molecule has 5 heteroatoms. The molecule has 0 amide bonds. The number of ether oxygens (including phenoxy) is 1. The van der Waals surface area contributed by atoms with Gasteiger partial charge in [0.1, 0.15) is 11.4 Å². The molecule has 1 atom stereocenters. The van der Waals surface area contributed by atoms with Crippen LogP contribution in [-0.2, 0) is 5.72 Å². The molecular formula is C20H22ClN2O2+. The molecule has 0 aliphatic carbocycles. The van der Waals surface area contributed by atoms with Gasteiger partial charge in [0.2, 0.25) is 0 Å². The van der Waals surface area contributed by atoms with Gasteiger partial charge in [0.25, 0.3) is 11.6 Å². The lowest BCUT2D eigenvalue weighted by Gasteiger charge is -2.29. The smallest absolute Gasteiger partial charge is 0.275 e. The van der Waals surface area contributed by atoms with Gasteiger partial charge in [-0.3, -0.25) is 4.58 Å². The minimum absolute atomic E-state index is 0.565. The van der Waals surface area contributed by atoms with Crippen LogP contribution in [-0.4, -0.2) is 35.7 Å². The van der Waals surface area contributed by atoms with Gasteiger partial charge >= 0.3 is 0 Å². The lowest BCUT2D eigenvalue weighted by Crippen LogP contribution is -2.47. The SMILES string of the molecule is COc1ccc(N2C3=[N+](CCCC3)C[C@@]2(O)c2ccc(Cl)cc2)cc1. The van der Waals surface area contributed by atoms with Crippen LogP contribution in [0.3, 0.4) is 0 Å². The number of nitrogens with zero attached hydrogens (tertiary/aromatic N) is 2. The third-order valence-electron chi connectivity index (χ3n) is 5.12. The largest absolute Gasteiger partial charge is 0.497 e. The van der Waals surface area contributed by atoms with Crippen molar-refractivity contribution >= 4 is 23.1 Å². The summed E-state index contributed by atoms with van der Waals surface area (Å²) >= 11 is 6.05. The molecule has 2 heterocycles. The molecule has 0 spiro atoms. The number of rotatable bonds is 3. The van der Waals surface area contributed by atoms with Crippen molar-refractivity contribution in [2.45, 2.75) is 25.0 Å². The third-order valence-corrected chi connectivity index (χ3v) is 5.37. The van der Waals surface area contributed by atoms with Crippen molar-refractivity contribution in [1.82, 2.24) is 0 Å². The van der Waals surface area contributed by atoms with Crippen molar-refractivity contribution < 1.29 is 14.4 Å². The van der Waals surface area contributed by atoms with E-state index in [9.17, 15) is 5.11 Å². The van der Waals surface area contributed by atoms with E-state index < -0.39 is 5.72 Å². The van der Waals surface area contributed by atoms with Crippen LogP contribution >= 0.6 is 11.6 Å². The maximum absolute atomic E-state index is 11.7. The second-order valence-electron chi connectivity index (χ2n) is 6.65. The normalized spacial score (nSPS) is 22.9. The highest BCUT2D eigenvalue weighted by molar-refractivity contribution is 6.30. The van der Waals surface area contributed by atoms with Gasteiger partial charge in [-0.15, -0.1) is 0 Å². The van der Waals surface area contributed by atoms with Gasteiger partial charge in [-0.25, -0.2) is 0 Å². The highest BCUT2D eigenvalue weighted by atomic mass is 35.5. The van der Waals surface area contributed by atoms with E-state index in [4.69, 9.17) is 16.3 Å². The van der Waals surface area contributed by atoms with Crippen molar-refractivity contribution in [3.8, 4) is 5.75 Å². The average molecular weight is 358 g/mol. The summed E-state index contributed by atoms with van der Waals surface area (Å²) in [4.78, 5) is 2.08. The highest BCUT2D eigenvalue weighted by Crippen LogP contribution is 2.38. The number of methoxy groups -OCH3 is 1. The second kappa shape index (κ2) is 6.36. The molecule has 25 heavy (non-hydrogen) atoms. The van der Waals surface area contributed by atoms with Crippen molar-refractivity contribution in [3.63, 3.8) is 0 Å². The Hall–Kier alpha value is -2.04. The molecule has 130 valence electrons. The van der Waals surface area contributed by atoms with E-state index in [-0.39, 0.29) is 0 Å². The maximum atomic E-state index is 11.7. The minimum Gasteiger partial charge on any atom is -0.497 e. The predicted octanol–water partition coefficient (Wildman–Crippen LogP) is 3.61. The van der Waals surface area contributed by atoms with Crippen LogP contribution in [0.4, 0.5) is 5.69 Å². The Morgan fingerprint density at radius 1 is 1.08 bits per heavy atom. The summed E-state index contributed by atoms with van der Waals surface area (Å²) in [6.07, 6.45) is 3.29. The molecule has 0 radical (unpaired) electrons. The maximum Gasteiger partial charge on any atom is 0.275 e. The molecule has 4 nitrogen and oxygen atoms in total. The topological polar surface area (TPSA) is 35.7 Å². The summed E-state index contributed by atoms with van der Waals surface area (Å²) in [5, 5.41) is 12.4. The van der Waals surface area contributed by atoms with E-state index >= 15 is 0 Å². The fourth-order valence-electron chi connectivity index (χ4n) is 3.88. The van der Waals surface area contributed by atoms with E-state index in [2.05, 4.69) is 9.48 Å². The fourth-order valence-corrected chi connectivity index (χ4v) is 4.00. The van der Waals surface area contributed by atoms with Crippen LogP contribution < -0.4 is 9.64 Å². The Kier molecular flexibility index (Phi) is 4.18. The van der Waals surface area contributed by atoms with E-state index in [1.54, 1.807) is 7.11 Å². The van der Waals surface area contributed by atoms with Crippen LogP contribution in [0.25, 0.3) is 0 Å². The van der Waals surface area contributed by atoms with Crippen molar-refractivity contribution in [3.05, 3.63) is 59.1 Å². The van der Waals surface area contributed by atoms with E-state index in [0.29, 0.717) is 11.6 Å². The molecule has 2 aromatic rings. The van der Waals surface area contributed by atoms with Gasteiger partial charge in [0, 0.05) is 17.0 Å². The van der Waals surface area contributed by atoms with Gasteiger partial charge in [0.05, 0.1) is 13.7 Å². The van der Waals surface area contributed by atoms with E-state index in [1.165, 1.54) is 5.84 Å². The number of halogens is 1. The first-order valence-electron chi connectivity index (χ1n) is 8.65. The molecule has 0 aromatic heterocycles. The molecule has 1 N–H and O–H groups in total. The van der Waals surface area contributed by atoms with Gasteiger partial charge in [-0.05, 0) is 49.2 Å². The first kappa shape index (κ1) is 16.4. The second-order valence-corrected chi connectivity index (χ2v) is 7.09. The number of hydrogen-bond donors (Lipinski definition) is 1. The van der Waals surface area contributed by atoms with Crippen molar-refractivity contribution in [2.75, 3.05) is 25.1 Å². The molecule has 0 saturated carbocycles. The molecule has 4 rings (SSSR count). The van der Waals surface area contributed by atoms with Crippen molar-refractivity contribution in [2.24, 2.45) is 0 Å². The molecule has 2 aromatic carbocycles. The monoisotopic (exact) mass is 357 g/mol. The minimum atomic E-state index is -1.10. The molecule has 0 saturated heterocycles. The third kappa shape index (κ3) is 2.79. The Bertz CT molecular complexity index is 801. The average Bonchev–Trinajstić information content (AvgIpc) is 2.95. The van der Waals surface area contributed by atoms with E-state index in [0.717, 1.165) is 42.8 Å². The molecule has 0 unspecified atom stereocenters. The number of anilines is 1. The van der Waals surface area contributed by atoms with Gasteiger partial charge < -0.3 is 9.84 Å². The van der Waals surface area contributed by atoms with Gasteiger partial charge in [-0.1, -0.05) is 23.7 Å². The first-order chi connectivity index (χ1) is 12.1. The molecule has 0 bridgehead atoms. The quantitative estimate of drug-likeness (QED) is 0.852. The van der Waals surface area contributed by atoms with Crippen LogP contribution in [0.15, 0.2) is 48.5 Å². The van der Waals surface area contributed by atoms with E-state index in [1.807, 2.05) is 48.5 Å². The predicted molar refractivity (Wildman–Crippen MR) is 99.7 cm³/mol. The lowest BCUT2D eigenvalue weighted by molar-refractivity contribution is -0.538.